The Morgan fingerprint density at radius 3 is 2.61 bits per heavy atom. The molecular weight excluding hydrogens is 233 g/mol. The number of rotatable bonds is 6. The molecule has 4 heteroatoms. The topological polar surface area (TPSA) is 43.7 Å². The molecule has 0 aromatic heterocycles. The number of hydrogen-bond acceptors (Lipinski definition) is 3. The fraction of sp³-hybridized carbons (Fsp3) is 0.571. The maximum absolute atomic E-state index is 13.0. The second kappa shape index (κ2) is 6.27. The summed E-state index contributed by atoms with van der Waals surface area (Å²) >= 11 is 0. The lowest BCUT2D eigenvalue weighted by Gasteiger charge is -2.34. The van der Waals surface area contributed by atoms with E-state index in [1.54, 1.807) is 12.1 Å². The largest absolute Gasteiger partial charge is 0.394 e. The third kappa shape index (κ3) is 4.05. The van der Waals surface area contributed by atoms with E-state index in [-0.39, 0.29) is 18.0 Å². The van der Waals surface area contributed by atoms with Crippen LogP contribution in [0.2, 0.25) is 0 Å². The van der Waals surface area contributed by atoms with E-state index in [0.717, 1.165) is 0 Å². The highest BCUT2D eigenvalue weighted by molar-refractivity contribution is 5.18. The van der Waals surface area contributed by atoms with Crippen LogP contribution in [0.1, 0.15) is 31.9 Å². The molecule has 1 aromatic carbocycles. The lowest BCUT2D eigenvalue weighted by atomic mass is 10.0. The van der Waals surface area contributed by atoms with E-state index in [4.69, 9.17) is 0 Å². The standard InChI is InChI=1S/C14H22FNO2/c1-14(2,10-17)16(3)8-7-13(18)11-5-4-6-12(15)9-11/h4-6,9,13,17-18H,7-8,10H2,1-3H3. The van der Waals surface area contributed by atoms with Gasteiger partial charge in [-0.25, -0.2) is 4.39 Å². The van der Waals surface area contributed by atoms with Crippen molar-refractivity contribution in [1.29, 1.82) is 0 Å². The molecule has 18 heavy (non-hydrogen) atoms. The summed E-state index contributed by atoms with van der Waals surface area (Å²) in [5.74, 6) is -0.337. The van der Waals surface area contributed by atoms with Crippen molar-refractivity contribution in [3.63, 3.8) is 0 Å². The summed E-state index contributed by atoms with van der Waals surface area (Å²) in [5, 5.41) is 19.2. The minimum Gasteiger partial charge on any atom is -0.394 e. The van der Waals surface area contributed by atoms with Crippen LogP contribution in [0.25, 0.3) is 0 Å². The van der Waals surface area contributed by atoms with Crippen molar-refractivity contribution in [2.45, 2.75) is 31.9 Å². The first-order valence-electron chi connectivity index (χ1n) is 6.12. The van der Waals surface area contributed by atoms with Crippen molar-refractivity contribution in [3.8, 4) is 0 Å². The first kappa shape index (κ1) is 15.1. The molecule has 3 nitrogen and oxygen atoms in total. The number of aliphatic hydroxyl groups is 2. The number of likely N-dealkylation sites (N-methyl/N-ethyl adjacent to an activating group) is 1. The lowest BCUT2D eigenvalue weighted by molar-refractivity contribution is 0.0619. The Bertz CT molecular complexity index is 382. The van der Waals surface area contributed by atoms with Gasteiger partial charge in [-0.15, -0.1) is 0 Å². The molecule has 2 N–H and O–H groups in total. The molecule has 0 aliphatic rings. The van der Waals surface area contributed by atoms with Gasteiger partial charge in [0.1, 0.15) is 5.82 Å². The zero-order valence-electron chi connectivity index (χ0n) is 11.2. The van der Waals surface area contributed by atoms with E-state index < -0.39 is 6.10 Å². The molecule has 0 aliphatic heterocycles. The Hall–Kier alpha value is -0.970. The third-order valence-corrected chi connectivity index (χ3v) is 3.39. The fourth-order valence-electron chi connectivity index (χ4n) is 1.62. The second-order valence-electron chi connectivity index (χ2n) is 5.25. The number of nitrogens with zero attached hydrogens (tertiary/aromatic N) is 1. The zero-order chi connectivity index (χ0) is 13.8. The summed E-state index contributed by atoms with van der Waals surface area (Å²) in [6.45, 7) is 4.55. The van der Waals surface area contributed by atoms with Crippen LogP contribution in [0.4, 0.5) is 4.39 Å². The number of halogens is 1. The smallest absolute Gasteiger partial charge is 0.123 e. The maximum atomic E-state index is 13.0. The molecule has 1 rings (SSSR count). The molecule has 0 fully saturated rings. The summed E-state index contributed by atoms with van der Waals surface area (Å²) in [7, 11) is 1.90. The van der Waals surface area contributed by atoms with Crippen LogP contribution in [-0.2, 0) is 0 Å². The molecule has 0 heterocycles. The van der Waals surface area contributed by atoms with E-state index >= 15 is 0 Å². The first-order chi connectivity index (χ1) is 8.36. The van der Waals surface area contributed by atoms with Crippen molar-refractivity contribution in [1.82, 2.24) is 4.90 Å². The van der Waals surface area contributed by atoms with Crippen molar-refractivity contribution in [2.24, 2.45) is 0 Å². The minimum absolute atomic E-state index is 0.0551. The normalized spacial score (nSPS) is 13.9. The molecule has 0 radical (unpaired) electrons. The quantitative estimate of drug-likeness (QED) is 0.816. The predicted molar refractivity (Wildman–Crippen MR) is 69.8 cm³/mol. The van der Waals surface area contributed by atoms with Crippen LogP contribution >= 0.6 is 0 Å². The summed E-state index contributed by atoms with van der Waals surface area (Å²) in [5.41, 5.74) is 0.270. The van der Waals surface area contributed by atoms with Crippen LogP contribution in [0.3, 0.4) is 0 Å². The van der Waals surface area contributed by atoms with Crippen LogP contribution in [-0.4, -0.2) is 40.9 Å². The van der Waals surface area contributed by atoms with Gasteiger partial charge >= 0.3 is 0 Å². The first-order valence-corrected chi connectivity index (χ1v) is 6.12. The number of benzene rings is 1. The van der Waals surface area contributed by atoms with Gasteiger partial charge in [0, 0.05) is 12.1 Å². The Morgan fingerprint density at radius 2 is 2.06 bits per heavy atom. The Morgan fingerprint density at radius 1 is 1.39 bits per heavy atom. The van der Waals surface area contributed by atoms with Crippen LogP contribution in [0.5, 0.6) is 0 Å². The van der Waals surface area contributed by atoms with E-state index in [0.29, 0.717) is 18.5 Å². The average molecular weight is 255 g/mol. The monoisotopic (exact) mass is 255 g/mol. The van der Waals surface area contributed by atoms with Crippen molar-refractivity contribution in [2.75, 3.05) is 20.2 Å². The molecule has 0 spiro atoms. The minimum atomic E-state index is -0.683. The van der Waals surface area contributed by atoms with E-state index in [9.17, 15) is 14.6 Å². The third-order valence-electron chi connectivity index (χ3n) is 3.39. The van der Waals surface area contributed by atoms with E-state index in [1.807, 2.05) is 25.8 Å². The van der Waals surface area contributed by atoms with Gasteiger partial charge in [0.2, 0.25) is 0 Å². The molecule has 0 bridgehead atoms. The van der Waals surface area contributed by atoms with Gasteiger partial charge in [0.15, 0.2) is 0 Å². The van der Waals surface area contributed by atoms with Crippen molar-refractivity contribution in [3.05, 3.63) is 35.6 Å². The van der Waals surface area contributed by atoms with Gasteiger partial charge in [0.05, 0.1) is 12.7 Å². The SMILES string of the molecule is CN(CCC(O)c1cccc(F)c1)C(C)(C)CO. The highest BCUT2D eigenvalue weighted by Gasteiger charge is 2.22. The van der Waals surface area contributed by atoms with Gasteiger partial charge in [0.25, 0.3) is 0 Å². The molecular formula is C14H22FNO2. The summed E-state index contributed by atoms with van der Waals surface area (Å²) in [4.78, 5) is 1.98. The van der Waals surface area contributed by atoms with Crippen LogP contribution in [0.15, 0.2) is 24.3 Å². The summed E-state index contributed by atoms with van der Waals surface area (Å²) < 4.78 is 13.0. The number of hydrogen-bond donors (Lipinski definition) is 2. The lowest BCUT2D eigenvalue weighted by Crippen LogP contribution is -2.44. The van der Waals surface area contributed by atoms with Crippen LogP contribution in [0, 0.1) is 5.82 Å². The van der Waals surface area contributed by atoms with Gasteiger partial charge in [-0.2, -0.15) is 0 Å². The van der Waals surface area contributed by atoms with Gasteiger partial charge in [-0.1, -0.05) is 12.1 Å². The van der Waals surface area contributed by atoms with Gasteiger partial charge < -0.3 is 10.2 Å². The molecule has 0 saturated heterocycles. The van der Waals surface area contributed by atoms with Crippen LogP contribution < -0.4 is 0 Å². The van der Waals surface area contributed by atoms with Gasteiger partial charge in [-0.3, -0.25) is 4.90 Å². The van der Waals surface area contributed by atoms with Crippen molar-refractivity contribution < 1.29 is 14.6 Å². The molecule has 0 amide bonds. The fourth-order valence-corrected chi connectivity index (χ4v) is 1.62. The molecule has 1 aromatic rings. The Kier molecular flexibility index (Phi) is 5.26. The second-order valence-corrected chi connectivity index (χ2v) is 5.25. The van der Waals surface area contributed by atoms with Gasteiger partial charge in [-0.05, 0) is 45.0 Å². The Balaban J connectivity index is 2.54. The Labute approximate surface area is 108 Å². The maximum Gasteiger partial charge on any atom is 0.123 e. The van der Waals surface area contributed by atoms with Crippen molar-refractivity contribution >= 4 is 0 Å². The molecule has 0 aliphatic carbocycles. The zero-order valence-corrected chi connectivity index (χ0v) is 11.2. The molecule has 0 saturated carbocycles. The number of aliphatic hydroxyl groups excluding tert-OH is 2. The summed E-state index contributed by atoms with van der Waals surface area (Å²) in [6.07, 6.45) is -0.179. The van der Waals surface area contributed by atoms with E-state index in [1.165, 1.54) is 12.1 Å². The van der Waals surface area contributed by atoms with E-state index in [2.05, 4.69) is 0 Å². The molecule has 102 valence electrons. The average Bonchev–Trinajstić information content (AvgIpc) is 2.35. The molecule has 1 atom stereocenters. The highest BCUT2D eigenvalue weighted by atomic mass is 19.1. The molecule has 1 unspecified atom stereocenters. The summed E-state index contributed by atoms with van der Waals surface area (Å²) in [6, 6.07) is 6.01. The predicted octanol–water partition coefficient (Wildman–Crippen LogP) is 1.95. The highest BCUT2D eigenvalue weighted by Crippen LogP contribution is 2.19.